The fraction of sp³-hybridized carbons (Fsp3) is 0.235. The summed E-state index contributed by atoms with van der Waals surface area (Å²) in [6.07, 6.45) is -0.677. The minimum Gasteiger partial charge on any atom is -0.491 e. The first-order valence-electron chi connectivity index (χ1n) is 6.55. The molecule has 2 aromatic rings. The molecule has 20 heavy (non-hydrogen) atoms. The van der Waals surface area contributed by atoms with E-state index in [0.717, 1.165) is 11.3 Å². The molecule has 0 amide bonds. The molecule has 0 aliphatic heterocycles. The van der Waals surface area contributed by atoms with Gasteiger partial charge >= 0.3 is 0 Å². The molecule has 0 fully saturated rings. The Morgan fingerprint density at radius 1 is 1.05 bits per heavy atom. The number of rotatable bonds is 4. The lowest BCUT2D eigenvalue weighted by Crippen LogP contribution is -2.06. The van der Waals surface area contributed by atoms with E-state index in [4.69, 9.17) is 10.00 Å². The molecule has 0 saturated heterocycles. The second kappa shape index (κ2) is 6.23. The van der Waals surface area contributed by atoms with Crippen LogP contribution in [0.25, 0.3) is 0 Å². The molecule has 0 aliphatic carbocycles. The van der Waals surface area contributed by atoms with E-state index < -0.39 is 6.10 Å². The lowest BCUT2D eigenvalue weighted by atomic mass is 10.00. The number of hydrogen-bond acceptors (Lipinski definition) is 3. The summed E-state index contributed by atoms with van der Waals surface area (Å²) in [5.74, 6) is 0.730. The predicted molar refractivity (Wildman–Crippen MR) is 77.4 cm³/mol. The van der Waals surface area contributed by atoms with Crippen molar-refractivity contribution >= 4 is 0 Å². The second-order valence-corrected chi connectivity index (χ2v) is 4.88. The molecular formula is C17H17NO2. The van der Waals surface area contributed by atoms with Crippen molar-refractivity contribution in [3.05, 3.63) is 65.2 Å². The predicted octanol–water partition coefficient (Wildman–Crippen LogP) is 3.43. The molecule has 0 radical (unpaired) electrons. The van der Waals surface area contributed by atoms with Gasteiger partial charge in [-0.25, -0.2) is 0 Å². The third kappa shape index (κ3) is 3.37. The lowest BCUT2D eigenvalue weighted by molar-refractivity contribution is 0.216. The van der Waals surface area contributed by atoms with Crippen molar-refractivity contribution in [1.82, 2.24) is 0 Å². The van der Waals surface area contributed by atoms with Crippen LogP contribution in [-0.4, -0.2) is 11.2 Å². The maximum Gasteiger partial charge on any atom is 0.120 e. The number of nitriles is 1. The Hall–Kier alpha value is -2.31. The molecule has 0 heterocycles. The van der Waals surface area contributed by atoms with Crippen molar-refractivity contribution < 1.29 is 9.84 Å². The van der Waals surface area contributed by atoms with Crippen LogP contribution in [0.1, 0.15) is 36.6 Å². The van der Waals surface area contributed by atoms with Crippen molar-refractivity contribution in [1.29, 1.82) is 5.26 Å². The van der Waals surface area contributed by atoms with Crippen LogP contribution >= 0.6 is 0 Å². The van der Waals surface area contributed by atoms with Crippen molar-refractivity contribution in [2.24, 2.45) is 0 Å². The Labute approximate surface area is 119 Å². The number of hydrogen-bond donors (Lipinski definition) is 1. The van der Waals surface area contributed by atoms with Gasteiger partial charge in [0.05, 0.1) is 17.7 Å². The van der Waals surface area contributed by atoms with Gasteiger partial charge in [0.1, 0.15) is 11.9 Å². The van der Waals surface area contributed by atoms with Gasteiger partial charge in [-0.3, -0.25) is 0 Å². The van der Waals surface area contributed by atoms with Crippen molar-refractivity contribution in [2.45, 2.75) is 26.1 Å². The molecule has 0 saturated carbocycles. The summed E-state index contributed by atoms with van der Waals surface area (Å²) in [5.41, 5.74) is 1.99. The first kappa shape index (κ1) is 14.1. The Bertz CT molecular complexity index is 629. The van der Waals surface area contributed by atoms with Gasteiger partial charge < -0.3 is 9.84 Å². The normalized spacial score (nSPS) is 11.9. The Morgan fingerprint density at radius 3 is 2.35 bits per heavy atom. The van der Waals surface area contributed by atoms with Gasteiger partial charge in [-0.2, -0.15) is 5.26 Å². The molecule has 0 aliphatic rings. The monoisotopic (exact) mass is 267 g/mol. The average Bonchev–Trinajstić information content (AvgIpc) is 2.46. The maximum absolute atomic E-state index is 10.4. The standard InChI is InChI=1S/C17H17NO2/c1-12(2)20-16-8-4-7-15(10-16)17(19)14-6-3-5-13(9-14)11-18/h3-10,12,17,19H,1-2H3. The van der Waals surface area contributed by atoms with Crippen LogP contribution in [0.4, 0.5) is 0 Å². The van der Waals surface area contributed by atoms with E-state index in [1.807, 2.05) is 44.2 Å². The molecule has 3 heteroatoms. The summed E-state index contributed by atoms with van der Waals surface area (Å²) >= 11 is 0. The highest BCUT2D eigenvalue weighted by Gasteiger charge is 2.12. The van der Waals surface area contributed by atoms with Crippen LogP contribution in [0.2, 0.25) is 0 Å². The molecule has 0 aromatic heterocycles. The Balaban J connectivity index is 2.28. The molecule has 2 rings (SSSR count). The first-order valence-corrected chi connectivity index (χ1v) is 6.55. The molecule has 1 unspecified atom stereocenters. The largest absolute Gasteiger partial charge is 0.491 e. The zero-order chi connectivity index (χ0) is 14.5. The zero-order valence-corrected chi connectivity index (χ0v) is 11.6. The summed E-state index contributed by atoms with van der Waals surface area (Å²) in [7, 11) is 0. The van der Waals surface area contributed by atoms with E-state index in [1.165, 1.54) is 0 Å². The second-order valence-electron chi connectivity index (χ2n) is 4.88. The van der Waals surface area contributed by atoms with Gasteiger partial charge in [0.2, 0.25) is 0 Å². The minimum atomic E-state index is -0.765. The highest BCUT2D eigenvalue weighted by Crippen LogP contribution is 2.26. The van der Waals surface area contributed by atoms with Crippen LogP contribution in [0.15, 0.2) is 48.5 Å². The molecule has 1 atom stereocenters. The SMILES string of the molecule is CC(C)Oc1cccc(C(O)c2cccc(C#N)c2)c1. The zero-order valence-electron chi connectivity index (χ0n) is 11.6. The van der Waals surface area contributed by atoms with E-state index in [1.54, 1.807) is 18.2 Å². The first-order chi connectivity index (χ1) is 9.60. The highest BCUT2D eigenvalue weighted by molar-refractivity contribution is 5.39. The fourth-order valence-corrected chi connectivity index (χ4v) is 2.00. The molecule has 2 aromatic carbocycles. The number of aliphatic hydroxyl groups excluding tert-OH is 1. The number of nitrogens with zero attached hydrogens (tertiary/aromatic N) is 1. The van der Waals surface area contributed by atoms with Gasteiger partial charge in [0, 0.05) is 0 Å². The van der Waals surface area contributed by atoms with E-state index in [9.17, 15) is 5.11 Å². The molecule has 3 nitrogen and oxygen atoms in total. The minimum absolute atomic E-state index is 0.0873. The van der Waals surface area contributed by atoms with Crippen molar-refractivity contribution in [3.63, 3.8) is 0 Å². The highest BCUT2D eigenvalue weighted by atomic mass is 16.5. The van der Waals surface area contributed by atoms with Crippen LogP contribution in [-0.2, 0) is 0 Å². The molecular weight excluding hydrogens is 250 g/mol. The lowest BCUT2D eigenvalue weighted by Gasteiger charge is -2.15. The van der Waals surface area contributed by atoms with E-state index in [0.29, 0.717) is 11.1 Å². The quantitative estimate of drug-likeness (QED) is 0.923. The number of aliphatic hydroxyl groups is 1. The van der Waals surface area contributed by atoms with Crippen LogP contribution in [0, 0.1) is 11.3 Å². The summed E-state index contributed by atoms with van der Waals surface area (Å²) in [6, 6.07) is 16.4. The fourth-order valence-electron chi connectivity index (χ4n) is 2.00. The van der Waals surface area contributed by atoms with Crippen molar-refractivity contribution in [3.8, 4) is 11.8 Å². The van der Waals surface area contributed by atoms with Gasteiger partial charge in [-0.05, 0) is 49.2 Å². The van der Waals surface area contributed by atoms with E-state index in [2.05, 4.69) is 6.07 Å². The molecule has 0 spiro atoms. The Kier molecular flexibility index (Phi) is 4.39. The third-order valence-corrected chi connectivity index (χ3v) is 2.88. The summed E-state index contributed by atoms with van der Waals surface area (Å²) in [6.45, 7) is 3.92. The van der Waals surface area contributed by atoms with Gasteiger partial charge in [0.15, 0.2) is 0 Å². The molecule has 102 valence electrons. The van der Waals surface area contributed by atoms with Gasteiger partial charge in [-0.15, -0.1) is 0 Å². The average molecular weight is 267 g/mol. The number of benzene rings is 2. The summed E-state index contributed by atoms with van der Waals surface area (Å²) < 4.78 is 5.62. The Morgan fingerprint density at radius 2 is 1.70 bits per heavy atom. The topological polar surface area (TPSA) is 53.2 Å². The third-order valence-electron chi connectivity index (χ3n) is 2.88. The van der Waals surface area contributed by atoms with Crippen LogP contribution < -0.4 is 4.74 Å². The van der Waals surface area contributed by atoms with Crippen molar-refractivity contribution in [2.75, 3.05) is 0 Å². The van der Waals surface area contributed by atoms with E-state index >= 15 is 0 Å². The summed E-state index contributed by atoms with van der Waals surface area (Å²) in [5, 5.41) is 19.3. The van der Waals surface area contributed by atoms with Crippen LogP contribution in [0.5, 0.6) is 5.75 Å². The van der Waals surface area contributed by atoms with Gasteiger partial charge in [-0.1, -0.05) is 24.3 Å². The van der Waals surface area contributed by atoms with E-state index in [-0.39, 0.29) is 6.10 Å². The molecule has 0 bridgehead atoms. The van der Waals surface area contributed by atoms with Crippen LogP contribution in [0.3, 0.4) is 0 Å². The summed E-state index contributed by atoms with van der Waals surface area (Å²) in [4.78, 5) is 0. The van der Waals surface area contributed by atoms with Gasteiger partial charge in [0.25, 0.3) is 0 Å². The number of ether oxygens (including phenoxy) is 1. The molecule has 1 N–H and O–H groups in total. The maximum atomic E-state index is 10.4. The smallest absolute Gasteiger partial charge is 0.120 e.